The first-order chi connectivity index (χ1) is 8.22. The number of anilines is 1. The number of nitrogens with zero attached hydrogens (tertiary/aromatic N) is 4. The molecule has 7 nitrogen and oxygen atoms in total. The van der Waals surface area contributed by atoms with Crippen molar-refractivity contribution < 1.29 is 9.90 Å². The summed E-state index contributed by atoms with van der Waals surface area (Å²) in [6, 6.07) is 0. The second kappa shape index (κ2) is 4.91. The molecule has 0 aliphatic heterocycles. The highest BCUT2D eigenvalue weighted by molar-refractivity contribution is 7.14. The molecule has 0 saturated heterocycles. The Balaban J connectivity index is 2.07. The van der Waals surface area contributed by atoms with E-state index in [0.29, 0.717) is 11.5 Å². The van der Waals surface area contributed by atoms with Crippen molar-refractivity contribution in [1.82, 2.24) is 19.7 Å². The lowest BCUT2D eigenvalue weighted by Crippen LogP contribution is -2.09. The van der Waals surface area contributed by atoms with Crippen molar-refractivity contribution in [1.29, 1.82) is 0 Å². The summed E-state index contributed by atoms with van der Waals surface area (Å²) in [7, 11) is 0. The van der Waals surface area contributed by atoms with E-state index in [2.05, 4.69) is 20.5 Å². The lowest BCUT2D eigenvalue weighted by atomic mass is 10.4. The summed E-state index contributed by atoms with van der Waals surface area (Å²) in [5.74, 6) is -0.275. The zero-order valence-electron chi connectivity index (χ0n) is 9.12. The van der Waals surface area contributed by atoms with E-state index in [1.165, 1.54) is 16.8 Å². The first-order valence-electron chi connectivity index (χ1n) is 4.99. The maximum Gasteiger partial charge on any atom is 0.357 e. The molecule has 90 valence electrons. The number of carbonyl (C=O) groups is 1. The zero-order valence-corrected chi connectivity index (χ0v) is 9.94. The fourth-order valence-electron chi connectivity index (χ4n) is 1.36. The summed E-state index contributed by atoms with van der Waals surface area (Å²) >= 11 is 1.25. The second-order valence-electron chi connectivity index (χ2n) is 3.22. The van der Waals surface area contributed by atoms with Crippen LogP contribution in [0, 0.1) is 0 Å². The molecule has 0 amide bonds. The Morgan fingerprint density at radius 3 is 3.18 bits per heavy atom. The second-order valence-corrected chi connectivity index (χ2v) is 4.08. The van der Waals surface area contributed by atoms with Crippen molar-refractivity contribution >= 4 is 22.3 Å². The molecule has 0 unspecified atom stereocenters. The van der Waals surface area contributed by atoms with Crippen LogP contribution in [-0.4, -0.2) is 30.8 Å². The molecule has 2 aromatic heterocycles. The number of aromatic carboxylic acids is 1. The third-order valence-corrected chi connectivity index (χ3v) is 3.00. The Morgan fingerprint density at radius 2 is 2.47 bits per heavy atom. The molecular weight excluding hydrogens is 242 g/mol. The van der Waals surface area contributed by atoms with Crippen LogP contribution in [0.2, 0.25) is 0 Å². The Morgan fingerprint density at radius 1 is 1.65 bits per heavy atom. The number of thiazole rings is 1. The lowest BCUT2D eigenvalue weighted by molar-refractivity contribution is 0.0692. The summed E-state index contributed by atoms with van der Waals surface area (Å²) in [5.41, 5.74) is 1.54. The van der Waals surface area contributed by atoms with E-state index in [-0.39, 0.29) is 5.69 Å². The van der Waals surface area contributed by atoms with Crippen molar-refractivity contribution in [2.24, 2.45) is 0 Å². The highest BCUT2D eigenvalue weighted by atomic mass is 32.1. The van der Waals surface area contributed by atoms with Gasteiger partial charge in [-0.25, -0.2) is 9.78 Å². The zero-order chi connectivity index (χ0) is 12.3. The first-order valence-corrected chi connectivity index (χ1v) is 5.87. The highest BCUT2D eigenvalue weighted by Gasteiger charge is 2.13. The molecule has 2 N–H and O–H groups in total. The molecular formula is C9H11N5O2S. The molecule has 0 aromatic carbocycles. The van der Waals surface area contributed by atoms with Gasteiger partial charge >= 0.3 is 5.97 Å². The Bertz CT molecular complexity index is 521. The van der Waals surface area contributed by atoms with Gasteiger partial charge in [0.05, 0.1) is 12.1 Å². The number of aryl methyl sites for hydroxylation is 1. The Hall–Kier alpha value is -1.96. The van der Waals surface area contributed by atoms with Crippen LogP contribution >= 0.6 is 11.3 Å². The van der Waals surface area contributed by atoms with Crippen LogP contribution < -0.4 is 5.32 Å². The maximum absolute atomic E-state index is 10.8. The number of nitrogens with one attached hydrogen (secondary N) is 1. The average Bonchev–Trinajstić information content (AvgIpc) is 2.94. The summed E-state index contributed by atoms with van der Waals surface area (Å²) in [5, 5.41) is 20.2. The smallest absolute Gasteiger partial charge is 0.357 e. The van der Waals surface area contributed by atoms with E-state index in [9.17, 15) is 4.79 Å². The van der Waals surface area contributed by atoms with Crippen molar-refractivity contribution in [3.63, 3.8) is 0 Å². The molecule has 0 bridgehead atoms. The third kappa shape index (κ3) is 2.41. The molecule has 0 radical (unpaired) electrons. The fraction of sp³-hybridized carbons (Fsp3) is 0.333. The third-order valence-electron chi connectivity index (χ3n) is 2.21. The van der Waals surface area contributed by atoms with Crippen LogP contribution in [0.4, 0.5) is 5.00 Å². The van der Waals surface area contributed by atoms with E-state index in [4.69, 9.17) is 5.11 Å². The minimum Gasteiger partial charge on any atom is -0.476 e. The maximum atomic E-state index is 10.8. The van der Waals surface area contributed by atoms with E-state index in [1.807, 2.05) is 11.5 Å². The summed E-state index contributed by atoms with van der Waals surface area (Å²) in [6.45, 7) is 3.19. The average molecular weight is 253 g/mol. The van der Waals surface area contributed by atoms with Gasteiger partial charge in [0.2, 0.25) is 0 Å². The van der Waals surface area contributed by atoms with Gasteiger partial charge in [0.15, 0.2) is 11.5 Å². The van der Waals surface area contributed by atoms with E-state index in [1.54, 1.807) is 6.33 Å². The van der Waals surface area contributed by atoms with Gasteiger partial charge < -0.3 is 15.0 Å². The molecule has 0 spiro atoms. The molecule has 2 heterocycles. The van der Waals surface area contributed by atoms with Gasteiger partial charge in [-0.05, 0) is 6.92 Å². The van der Waals surface area contributed by atoms with Crippen LogP contribution in [0.15, 0.2) is 11.8 Å². The van der Waals surface area contributed by atoms with Crippen molar-refractivity contribution in [2.45, 2.75) is 20.0 Å². The molecule has 17 heavy (non-hydrogen) atoms. The first kappa shape index (κ1) is 11.5. The number of carboxylic acid groups (broad SMARTS) is 1. The Kier molecular flexibility index (Phi) is 3.33. The number of rotatable bonds is 5. The van der Waals surface area contributed by atoms with Crippen molar-refractivity contribution in [2.75, 3.05) is 5.32 Å². The van der Waals surface area contributed by atoms with Gasteiger partial charge in [0, 0.05) is 6.54 Å². The molecule has 2 rings (SSSR count). The number of hydrogen-bond donors (Lipinski definition) is 2. The standard InChI is InChI=1S/C9H11N5O2S/c1-2-14-4-12-13-6(14)3-10-8-7(9(15)16)11-5-17-8/h4-5,10H,2-3H2,1H3,(H,15,16). The molecule has 0 atom stereocenters. The predicted octanol–water partition coefficient (Wildman–Crippen LogP) is 1.06. The van der Waals surface area contributed by atoms with Crippen LogP contribution in [0.25, 0.3) is 0 Å². The molecule has 0 saturated carbocycles. The Labute approximate surface area is 101 Å². The number of hydrogen-bond acceptors (Lipinski definition) is 6. The molecule has 2 aromatic rings. The van der Waals surface area contributed by atoms with Gasteiger partial charge in [-0.2, -0.15) is 0 Å². The highest BCUT2D eigenvalue weighted by Crippen LogP contribution is 2.20. The van der Waals surface area contributed by atoms with Gasteiger partial charge in [-0.15, -0.1) is 21.5 Å². The molecule has 0 aliphatic rings. The van der Waals surface area contributed by atoms with E-state index < -0.39 is 5.97 Å². The topological polar surface area (TPSA) is 92.9 Å². The van der Waals surface area contributed by atoms with Crippen LogP contribution in [0.1, 0.15) is 23.2 Å². The molecule has 0 aliphatic carbocycles. The van der Waals surface area contributed by atoms with E-state index >= 15 is 0 Å². The number of carboxylic acids is 1. The summed E-state index contributed by atoms with van der Waals surface area (Å²) in [4.78, 5) is 14.6. The lowest BCUT2D eigenvalue weighted by Gasteiger charge is -2.05. The quantitative estimate of drug-likeness (QED) is 0.827. The normalized spacial score (nSPS) is 10.4. The van der Waals surface area contributed by atoms with Crippen LogP contribution in [-0.2, 0) is 13.1 Å². The monoisotopic (exact) mass is 253 g/mol. The van der Waals surface area contributed by atoms with E-state index in [0.717, 1.165) is 12.4 Å². The number of aromatic nitrogens is 4. The fourth-order valence-corrected chi connectivity index (χ4v) is 2.03. The SMILES string of the molecule is CCn1cnnc1CNc1scnc1C(=O)O. The predicted molar refractivity (Wildman–Crippen MR) is 62.1 cm³/mol. The molecule has 8 heteroatoms. The summed E-state index contributed by atoms with van der Waals surface area (Å²) < 4.78 is 1.88. The van der Waals surface area contributed by atoms with Gasteiger partial charge in [0.1, 0.15) is 11.3 Å². The van der Waals surface area contributed by atoms with Gasteiger partial charge in [-0.3, -0.25) is 0 Å². The van der Waals surface area contributed by atoms with Gasteiger partial charge in [-0.1, -0.05) is 0 Å². The van der Waals surface area contributed by atoms with Crippen molar-refractivity contribution in [3.8, 4) is 0 Å². The molecule has 0 fully saturated rings. The minimum atomic E-state index is -1.04. The summed E-state index contributed by atoms with van der Waals surface area (Å²) in [6.07, 6.45) is 1.64. The van der Waals surface area contributed by atoms with Gasteiger partial charge in [0.25, 0.3) is 0 Å². The largest absolute Gasteiger partial charge is 0.476 e. The van der Waals surface area contributed by atoms with Crippen molar-refractivity contribution in [3.05, 3.63) is 23.4 Å². The van der Waals surface area contributed by atoms with Crippen LogP contribution in [0.5, 0.6) is 0 Å². The van der Waals surface area contributed by atoms with Crippen LogP contribution in [0.3, 0.4) is 0 Å². The minimum absolute atomic E-state index is 0.0394.